The highest BCUT2D eigenvalue weighted by Crippen LogP contribution is 2.24. The van der Waals surface area contributed by atoms with Gasteiger partial charge in [0, 0.05) is 10.9 Å². The number of aldehydes is 1. The Labute approximate surface area is 99.7 Å². The Hall–Kier alpha value is -1.82. The van der Waals surface area contributed by atoms with Crippen molar-refractivity contribution >= 4 is 17.6 Å². The zero-order chi connectivity index (χ0) is 12.3. The molecule has 88 valence electrons. The molecular weight excluding hydrogens is 248 g/mol. The van der Waals surface area contributed by atoms with Crippen molar-refractivity contribution in [2.24, 2.45) is 0 Å². The van der Waals surface area contributed by atoms with E-state index in [1.54, 1.807) is 17.5 Å². The van der Waals surface area contributed by atoms with Crippen molar-refractivity contribution in [3.63, 3.8) is 0 Å². The fourth-order valence-electron chi connectivity index (χ4n) is 1.28. The first kappa shape index (κ1) is 11.7. The molecule has 0 saturated heterocycles. The number of ether oxygens (including phenoxy) is 1. The smallest absolute Gasteiger partial charge is 0.387 e. The Morgan fingerprint density at radius 2 is 2.00 bits per heavy atom. The second-order valence-corrected chi connectivity index (χ2v) is 3.98. The summed E-state index contributed by atoms with van der Waals surface area (Å²) < 4.78 is 28.1. The van der Waals surface area contributed by atoms with Gasteiger partial charge in [-0.3, -0.25) is 4.79 Å². The molecule has 0 radical (unpaired) electrons. The maximum atomic E-state index is 11.9. The number of carbonyl (C=O) groups excluding carboxylic acids is 1. The van der Waals surface area contributed by atoms with E-state index in [0.29, 0.717) is 17.0 Å². The van der Waals surface area contributed by atoms with Gasteiger partial charge < -0.3 is 4.74 Å². The largest absolute Gasteiger partial charge is 0.435 e. The number of alkyl halides is 2. The fraction of sp³-hybridized carbons (Fsp3) is 0.0909. The van der Waals surface area contributed by atoms with Crippen molar-refractivity contribution in [1.82, 2.24) is 4.98 Å². The van der Waals surface area contributed by atoms with Crippen LogP contribution in [0, 0.1) is 0 Å². The summed E-state index contributed by atoms with van der Waals surface area (Å²) in [6, 6.07) is 6.09. The number of hydrogen-bond acceptors (Lipinski definition) is 4. The summed E-state index contributed by atoms with van der Waals surface area (Å²) in [5.74, 6) is 0.0922. The van der Waals surface area contributed by atoms with E-state index in [0.717, 1.165) is 5.56 Å². The van der Waals surface area contributed by atoms with E-state index in [-0.39, 0.29) is 5.75 Å². The Kier molecular flexibility index (Phi) is 3.43. The van der Waals surface area contributed by atoms with Crippen LogP contribution in [0.2, 0.25) is 0 Å². The van der Waals surface area contributed by atoms with Gasteiger partial charge in [-0.1, -0.05) is 0 Å². The SMILES string of the molecule is O=Cc1nc(-c2ccc(OC(F)F)cc2)cs1. The zero-order valence-corrected chi connectivity index (χ0v) is 9.29. The molecule has 0 aliphatic carbocycles. The number of hydrogen-bond donors (Lipinski definition) is 0. The molecule has 0 aliphatic rings. The molecule has 0 atom stereocenters. The van der Waals surface area contributed by atoms with Crippen molar-refractivity contribution in [1.29, 1.82) is 0 Å². The highest BCUT2D eigenvalue weighted by molar-refractivity contribution is 7.11. The Morgan fingerprint density at radius 1 is 1.29 bits per heavy atom. The van der Waals surface area contributed by atoms with Crippen LogP contribution in [0.25, 0.3) is 11.3 Å². The van der Waals surface area contributed by atoms with Gasteiger partial charge in [0.05, 0.1) is 5.69 Å². The Bertz CT molecular complexity index is 510. The Morgan fingerprint density at radius 3 is 2.53 bits per heavy atom. The third-order valence-electron chi connectivity index (χ3n) is 2.00. The second-order valence-electron chi connectivity index (χ2n) is 3.09. The molecule has 0 aliphatic heterocycles. The topological polar surface area (TPSA) is 39.2 Å². The molecule has 0 spiro atoms. The van der Waals surface area contributed by atoms with E-state index in [1.807, 2.05) is 0 Å². The van der Waals surface area contributed by atoms with E-state index in [2.05, 4.69) is 9.72 Å². The summed E-state index contributed by atoms with van der Waals surface area (Å²) in [5, 5.41) is 2.11. The average molecular weight is 255 g/mol. The lowest BCUT2D eigenvalue weighted by Gasteiger charge is -2.04. The molecule has 0 unspecified atom stereocenters. The first-order valence-corrected chi connectivity index (χ1v) is 5.53. The standard InChI is InChI=1S/C11H7F2NO2S/c12-11(13)16-8-3-1-7(2-4-8)9-6-17-10(5-15)14-9/h1-6,11H. The molecular formula is C11H7F2NO2S. The number of halogens is 2. The average Bonchev–Trinajstić information content (AvgIpc) is 2.78. The van der Waals surface area contributed by atoms with Gasteiger partial charge in [-0.15, -0.1) is 11.3 Å². The van der Waals surface area contributed by atoms with Crippen LogP contribution in [0.4, 0.5) is 8.78 Å². The van der Waals surface area contributed by atoms with Gasteiger partial charge in [0.2, 0.25) is 0 Å². The van der Waals surface area contributed by atoms with Gasteiger partial charge in [-0.2, -0.15) is 8.78 Å². The van der Waals surface area contributed by atoms with E-state index in [4.69, 9.17) is 0 Å². The van der Waals surface area contributed by atoms with Crippen molar-refractivity contribution in [3.05, 3.63) is 34.7 Å². The minimum Gasteiger partial charge on any atom is -0.435 e. The van der Waals surface area contributed by atoms with E-state index in [9.17, 15) is 13.6 Å². The summed E-state index contributed by atoms with van der Waals surface area (Å²) in [4.78, 5) is 14.5. The quantitative estimate of drug-likeness (QED) is 0.787. The minimum absolute atomic E-state index is 0.0922. The predicted molar refractivity (Wildman–Crippen MR) is 59.6 cm³/mol. The van der Waals surface area contributed by atoms with Gasteiger partial charge >= 0.3 is 6.61 Å². The number of nitrogens with zero attached hydrogens (tertiary/aromatic N) is 1. The van der Waals surface area contributed by atoms with Crippen LogP contribution in [0.15, 0.2) is 29.6 Å². The van der Waals surface area contributed by atoms with Gasteiger partial charge in [0.15, 0.2) is 11.3 Å². The molecule has 2 rings (SSSR count). The van der Waals surface area contributed by atoms with Gasteiger partial charge in [-0.25, -0.2) is 4.98 Å². The van der Waals surface area contributed by atoms with Crippen molar-refractivity contribution in [2.45, 2.75) is 6.61 Å². The fourth-order valence-corrected chi connectivity index (χ4v) is 1.91. The molecule has 0 N–H and O–H groups in total. The number of aromatic nitrogens is 1. The lowest BCUT2D eigenvalue weighted by atomic mass is 10.2. The molecule has 0 bridgehead atoms. The molecule has 2 aromatic rings. The summed E-state index contributed by atoms with van der Waals surface area (Å²) >= 11 is 1.23. The van der Waals surface area contributed by atoms with Crippen LogP contribution in [0.5, 0.6) is 5.75 Å². The molecule has 1 aromatic heterocycles. The molecule has 0 amide bonds. The molecule has 0 fully saturated rings. The summed E-state index contributed by atoms with van der Waals surface area (Å²) in [6.45, 7) is -2.83. The molecule has 0 saturated carbocycles. The van der Waals surface area contributed by atoms with E-state index in [1.165, 1.54) is 23.5 Å². The van der Waals surface area contributed by atoms with Gasteiger partial charge in [0.1, 0.15) is 5.75 Å². The number of benzene rings is 1. The van der Waals surface area contributed by atoms with Gasteiger partial charge in [-0.05, 0) is 24.3 Å². The highest BCUT2D eigenvalue weighted by atomic mass is 32.1. The van der Waals surface area contributed by atoms with Crippen LogP contribution in [-0.4, -0.2) is 17.9 Å². The number of carbonyl (C=O) groups is 1. The summed E-state index contributed by atoms with van der Waals surface area (Å²) in [5.41, 5.74) is 1.39. The maximum absolute atomic E-state index is 11.9. The third-order valence-corrected chi connectivity index (χ3v) is 2.77. The first-order chi connectivity index (χ1) is 8.19. The van der Waals surface area contributed by atoms with Crippen LogP contribution >= 0.6 is 11.3 Å². The number of rotatable bonds is 4. The first-order valence-electron chi connectivity index (χ1n) is 4.65. The third kappa shape index (κ3) is 2.85. The molecule has 1 aromatic carbocycles. The predicted octanol–water partition coefficient (Wildman–Crippen LogP) is 3.22. The molecule has 3 nitrogen and oxygen atoms in total. The van der Waals surface area contributed by atoms with Crippen LogP contribution in [-0.2, 0) is 0 Å². The van der Waals surface area contributed by atoms with Crippen molar-refractivity contribution in [3.8, 4) is 17.0 Å². The van der Waals surface area contributed by atoms with E-state index < -0.39 is 6.61 Å². The van der Waals surface area contributed by atoms with Gasteiger partial charge in [0.25, 0.3) is 0 Å². The lowest BCUT2D eigenvalue weighted by molar-refractivity contribution is -0.0498. The lowest BCUT2D eigenvalue weighted by Crippen LogP contribution is -2.01. The number of thiazole rings is 1. The van der Waals surface area contributed by atoms with Crippen molar-refractivity contribution in [2.75, 3.05) is 0 Å². The second kappa shape index (κ2) is 5.01. The maximum Gasteiger partial charge on any atom is 0.387 e. The monoisotopic (exact) mass is 255 g/mol. The van der Waals surface area contributed by atoms with E-state index >= 15 is 0 Å². The molecule has 6 heteroatoms. The molecule has 17 heavy (non-hydrogen) atoms. The normalized spacial score (nSPS) is 10.5. The zero-order valence-electron chi connectivity index (χ0n) is 8.47. The summed E-state index contributed by atoms with van der Waals surface area (Å²) in [6.07, 6.45) is 0.669. The Balaban J connectivity index is 2.19. The van der Waals surface area contributed by atoms with Crippen LogP contribution in [0.1, 0.15) is 9.80 Å². The van der Waals surface area contributed by atoms with Crippen molar-refractivity contribution < 1.29 is 18.3 Å². The summed E-state index contributed by atoms with van der Waals surface area (Å²) in [7, 11) is 0. The van der Waals surface area contributed by atoms with Crippen LogP contribution < -0.4 is 4.74 Å². The molecule has 1 heterocycles. The minimum atomic E-state index is -2.83. The van der Waals surface area contributed by atoms with Crippen LogP contribution in [0.3, 0.4) is 0 Å². The highest BCUT2D eigenvalue weighted by Gasteiger charge is 2.06.